The Balaban J connectivity index is 1.93. The Morgan fingerprint density at radius 3 is 3.06 bits per heavy atom. The number of aryl methyl sites for hydroxylation is 1. The number of carbonyl (C=O) groups is 1. The van der Waals surface area contributed by atoms with Crippen molar-refractivity contribution in [2.75, 3.05) is 0 Å². The van der Waals surface area contributed by atoms with Crippen molar-refractivity contribution in [3.05, 3.63) is 29.6 Å². The molecule has 1 aliphatic carbocycles. The summed E-state index contributed by atoms with van der Waals surface area (Å²) in [7, 11) is 0. The molecule has 2 N–H and O–H groups in total. The highest BCUT2D eigenvalue weighted by molar-refractivity contribution is 5.97. The maximum absolute atomic E-state index is 11.8. The van der Waals surface area contributed by atoms with Crippen LogP contribution in [0.3, 0.4) is 0 Å². The van der Waals surface area contributed by atoms with E-state index < -0.39 is 0 Å². The van der Waals surface area contributed by atoms with Crippen LogP contribution in [0.15, 0.2) is 18.2 Å². The molecule has 0 aliphatic heterocycles. The molecule has 1 amide bonds. The van der Waals surface area contributed by atoms with E-state index >= 15 is 0 Å². The molecule has 16 heavy (non-hydrogen) atoms. The Morgan fingerprint density at radius 2 is 2.31 bits per heavy atom. The molecule has 0 unspecified atom stereocenters. The zero-order valence-corrected chi connectivity index (χ0v) is 9.08. The Hall–Kier alpha value is -1.84. The number of benzene rings is 1. The van der Waals surface area contributed by atoms with Gasteiger partial charge in [0.1, 0.15) is 5.82 Å². The molecule has 3 rings (SSSR count). The molecular weight excluding hydrogens is 202 g/mol. The summed E-state index contributed by atoms with van der Waals surface area (Å²) < 4.78 is 0. The van der Waals surface area contributed by atoms with E-state index in [0.29, 0.717) is 11.6 Å². The van der Waals surface area contributed by atoms with Gasteiger partial charge in [-0.1, -0.05) is 0 Å². The molecule has 1 aromatic carbocycles. The predicted molar refractivity (Wildman–Crippen MR) is 61.3 cm³/mol. The maximum atomic E-state index is 11.8. The van der Waals surface area contributed by atoms with Gasteiger partial charge in [-0.15, -0.1) is 0 Å². The lowest BCUT2D eigenvalue weighted by Crippen LogP contribution is -2.25. The van der Waals surface area contributed by atoms with E-state index in [2.05, 4.69) is 15.3 Å². The van der Waals surface area contributed by atoms with E-state index in [1.807, 2.05) is 25.1 Å². The number of hydrogen-bond donors (Lipinski definition) is 2. The number of aromatic amines is 1. The topological polar surface area (TPSA) is 57.8 Å². The Bertz CT molecular complexity index is 554. The summed E-state index contributed by atoms with van der Waals surface area (Å²) in [5.41, 5.74) is 2.52. The lowest BCUT2D eigenvalue weighted by molar-refractivity contribution is 0.0951. The molecule has 1 aromatic heterocycles. The molecule has 1 aliphatic rings. The highest BCUT2D eigenvalue weighted by Gasteiger charge is 2.23. The summed E-state index contributed by atoms with van der Waals surface area (Å²) in [6, 6.07) is 5.94. The summed E-state index contributed by atoms with van der Waals surface area (Å²) in [6.45, 7) is 1.91. The average Bonchev–Trinajstić information content (AvgIpc) is 2.96. The highest BCUT2D eigenvalue weighted by Crippen LogP contribution is 2.20. The molecule has 2 aromatic rings. The second-order valence-corrected chi connectivity index (χ2v) is 4.30. The van der Waals surface area contributed by atoms with Crippen molar-refractivity contribution >= 4 is 16.9 Å². The van der Waals surface area contributed by atoms with Crippen molar-refractivity contribution in [3.8, 4) is 0 Å². The van der Waals surface area contributed by atoms with Gasteiger partial charge in [-0.2, -0.15) is 0 Å². The van der Waals surface area contributed by atoms with Crippen LogP contribution < -0.4 is 5.32 Å². The van der Waals surface area contributed by atoms with Gasteiger partial charge >= 0.3 is 0 Å². The molecule has 4 nitrogen and oxygen atoms in total. The van der Waals surface area contributed by atoms with Crippen molar-refractivity contribution < 1.29 is 4.79 Å². The van der Waals surface area contributed by atoms with E-state index in [-0.39, 0.29) is 5.91 Å². The third kappa shape index (κ3) is 1.66. The molecular formula is C12H13N3O. The third-order valence-corrected chi connectivity index (χ3v) is 2.78. The van der Waals surface area contributed by atoms with Gasteiger partial charge in [0, 0.05) is 11.6 Å². The molecule has 0 radical (unpaired) electrons. The minimum Gasteiger partial charge on any atom is -0.349 e. The normalized spacial score (nSPS) is 15.3. The minimum absolute atomic E-state index is 0.0108. The first-order valence-electron chi connectivity index (χ1n) is 5.49. The van der Waals surface area contributed by atoms with E-state index in [1.54, 1.807) is 0 Å². The van der Waals surface area contributed by atoms with E-state index in [9.17, 15) is 4.79 Å². The monoisotopic (exact) mass is 215 g/mol. The molecule has 1 fully saturated rings. The number of nitrogens with one attached hydrogen (secondary N) is 2. The fourth-order valence-corrected chi connectivity index (χ4v) is 1.77. The summed E-state index contributed by atoms with van der Waals surface area (Å²) >= 11 is 0. The summed E-state index contributed by atoms with van der Waals surface area (Å²) in [5, 5.41) is 2.97. The van der Waals surface area contributed by atoms with Crippen LogP contribution in [-0.4, -0.2) is 21.9 Å². The number of fused-ring (bicyclic) bond motifs is 1. The minimum atomic E-state index is 0.0108. The van der Waals surface area contributed by atoms with Gasteiger partial charge < -0.3 is 10.3 Å². The molecule has 0 bridgehead atoms. The molecule has 1 heterocycles. The number of aromatic nitrogens is 2. The predicted octanol–water partition coefficient (Wildman–Crippen LogP) is 1.76. The maximum Gasteiger partial charge on any atom is 0.251 e. The first-order chi connectivity index (χ1) is 7.72. The first kappa shape index (κ1) is 9.39. The first-order valence-corrected chi connectivity index (χ1v) is 5.49. The smallest absolute Gasteiger partial charge is 0.251 e. The van der Waals surface area contributed by atoms with Crippen LogP contribution in [0.4, 0.5) is 0 Å². The van der Waals surface area contributed by atoms with Gasteiger partial charge in [-0.3, -0.25) is 4.79 Å². The molecule has 82 valence electrons. The molecule has 1 saturated carbocycles. The molecule has 0 saturated heterocycles. The number of rotatable bonds is 2. The van der Waals surface area contributed by atoms with E-state index in [1.165, 1.54) is 0 Å². The van der Waals surface area contributed by atoms with E-state index in [0.717, 1.165) is 29.7 Å². The Kier molecular flexibility index (Phi) is 1.96. The fourth-order valence-electron chi connectivity index (χ4n) is 1.77. The zero-order chi connectivity index (χ0) is 11.1. The average molecular weight is 215 g/mol. The largest absolute Gasteiger partial charge is 0.349 e. The SMILES string of the molecule is Cc1nc2ccc(C(=O)NC3CC3)cc2[nH]1. The van der Waals surface area contributed by atoms with Crippen LogP contribution in [0.25, 0.3) is 11.0 Å². The lowest BCUT2D eigenvalue weighted by atomic mass is 10.2. The number of nitrogens with zero attached hydrogens (tertiary/aromatic N) is 1. The van der Waals surface area contributed by atoms with Gasteiger partial charge in [0.15, 0.2) is 0 Å². The number of hydrogen-bond acceptors (Lipinski definition) is 2. The quantitative estimate of drug-likeness (QED) is 0.802. The van der Waals surface area contributed by atoms with Gasteiger partial charge in [-0.25, -0.2) is 4.98 Å². The van der Waals surface area contributed by atoms with Crippen molar-refractivity contribution in [2.45, 2.75) is 25.8 Å². The number of amides is 1. The number of H-pyrrole nitrogens is 1. The highest BCUT2D eigenvalue weighted by atomic mass is 16.1. The third-order valence-electron chi connectivity index (χ3n) is 2.78. The zero-order valence-electron chi connectivity index (χ0n) is 9.08. The standard InChI is InChI=1S/C12H13N3O/c1-7-13-10-5-2-8(6-11(10)14-7)12(16)15-9-3-4-9/h2,5-6,9H,3-4H2,1H3,(H,13,14)(H,15,16). The van der Waals surface area contributed by atoms with E-state index in [4.69, 9.17) is 0 Å². The summed E-state index contributed by atoms with van der Waals surface area (Å²) in [6.07, 6.45) is 2.22. The Labute approximate surface area is 93.1 Å². The molecule has 0 spiro atoms. The van der Waals surface area contributed by atoms with Crippen LogP contribution in [0.1, 0.15) is 29.0 Å². The van der Waals surface area contributed by atoms with Gasteiger partial charge in [-0.05, 0) is 38.0 Å². The lowest BCUT2D eigenvalue weighted by Gasteiger charge is -2.02. The van der Waals surface area contributed by atoms with Crippen LogP contribution in [0.5, 0.6) is 0 Å². The van der Waals surface area contributed by atoms with Crippen LogP contribution in [-0.2, 0) is 0 Å². The van der Waals surface area contributed by atoms with Crippen molar-refractivity contribution in [3.63, 3.8) is 0 Å². The van der Waals surface area contributed by atoms with Crippen molar-refractivity contribution in [1.29, 1.82) is 0 Å². The van der Waals surface area contributed by atoms with Gasteiger partial charge in [0.25, 0.3) is 5.91 Å². The van der Waals surface area contributed by atoms with Crippen LogP contribution in [0.2, 0.25) is 0 Å². The number of carbonyl (C=O) groups excluding carboxylic acids is 1. The summed E-state index contributed by atoms with van der Waals surface area (Å²) in [4.78, 5) is 19.2. The van der Waals surface area contributed by atoms with Crippen molar-refractivity contribution in [2.24, 2.45) is 0 Å². The van der Waals surface area contributed by atoms with Crippen molar-refractivity contribution in [1.82, 2.24) is 15.3 Å². The molecule has 0 atom stereocenters. The summed E-state index contributed by atoms with van der Waals surface area (Å²) in [5.74, 6) is 0.881. The number of imidazole rings is 1. The molecule has 4 heteroatoms. The van der Waals surface area contributed by atoms with Crippen LogP contribution in [0, 0.1) is 6.92 Å². The van der Waals surface area contributed by atoms with Crippen LogP contribution >= 0.6 is 0 Å². The second kappa shape index (κ2) is 3.33. The fraction of sp³-hybridized carbons (Fsp3) is 0.333. The van der Waals surface area contributed by atoms with Gasteiger partial charge in [0.2, 0.25) is 0 Å². The Morgan fingerprint density at radius 1 is 1.50 bits per heavy atom. The van der Waals surface area contributed by atoms with Gasteiger partial charge in [0.05, 0.1) is 11.0 Å². The second-order valence-electron chi connectivity index (χ2n) is 4.30.